The molecule has 0 spiro atoms. The molecule has 2 aliphatic carbocycles. The summed E-state index contributed by atoms with van der Waals surface area (Å²) >= 11 is 1.38. The van der Waals surface area contributed by atoms with Gasteiger partial charge in [0.2, 0.25) is 0 Å². The van der Waals surface area contributed by atoms with Gasteiger partial charge in [0, 0.05) is 17.6 Å². The smallest absolute Gasteiger partial charge is 0.256 e. The summed E-state index contributed by atoms with van der Waals surface area (Å²) in [6.45, 7) is 0. The van der Waals surface area contributed by atoms with Crippen molar-refractivity contribution in [1.82, 2.24) is 5.32 Å². The van der Waals surface area contributed by atoms with Gasteiger partial charge in [-0.1, -0.05) is 6.07 Å². The molecule has 2 aromatic rings. The van der Waals surface area contributed by atoms with Crippen LogP contribution in [0.1, 0.15) is 63.9 Å². The molecule has 1 aromatic carbocycles. The molecular weight excluding hydrogens is 358 g/mol. The van der Waals surface area contributed by atoms with Crippen LogP contribution in [0.15, 0.2) is 29.6 Å². The van der Waals surface area contributed by atoms with Gasteiger partial charge in [-0.25, -0.2) is 0 Å². The number of hydrogen-bond donors (Lipinski definition) is 3. The highest BCUT2D eigenvalue weighted by molar-refractivity contribution is 7.14. The molecule has 0 radical (unpaired) electrons. The van der Waals surface area contributed by atoms with Crippen molar-refractivity contribution in [2.75, 3.05) is 5.32 Å². The third-order valence-corrected chi connectivity index (χ3v) is 6.43. The predicted molar refractivity (Wildman–Crippen MR) is 108 cm³/mol. The summed E-state index contributed by atoms with van der Waals surface area (Å²) in [5.74, 6) is -0.286. The van der Waals surface area contributed by atoms with Crippen molar-refractivity contribution in [2.24, 2.45) is 5.73 Å². The van der Waals surface area contributed by atoms with Crippen LogP contribution >= 0.6 is 11.3 Å². The van der Waals surface area contributed by atoms with Crippen molar-refractivity contribution in [3.05, 3.63) is 51.9 Å². The Bertz CT molecular complexity index is 853. The van der Waals surface area contributed by atoms with E-state index in [1.165, 1.54) is 22.5 Å². The molecule has 27 heavy (non-hydrogen) atoms. The first-order valence-electron chi connectivity index (χ1n) is 9.67. The summed E-state index contributed by atoms with van der Waals surface area (Å²) in [6, 6.07) is 8.09. The number of thiophene rings is 1. The maximum atomic E-state index is 12.7. The summed E-state index contributed by atoms with van der Waals surface area (Å²) in [6.07, 6.45) is 6.99. The van der Waals surface area contributed by atoms with E-state index in [2.05, 4.69) is 10.6 Å². The van der Waals surface area contributed by atoms with E-state index in [1.54, 1.807) is 6.07 Å². The molecule has 1 heterocycles. The Morgan fingerprint density at radius 3 is 2.59 bits per heavy atom. The molecule has 0 atom stereocenters. The molecule has 1 fully saturated rings. The quantitative estimate of drug-likeness (QED) is 0.756. The van der Waals surface area contributed by atoms with E-state index in [0.29, 0.717) is 16.1 Å². The molecule has 4 N–H and O–H groups in total. The number of anilines is 1. The van der Waals surface area contributed by atoms with E-state index in [0.717, 1.165) is 44.9 Å². The van der Waals surface area contributed by atoms with Gasteiger partial charge in [-0.05, 0) is 79.7 Å². The van der Waals surface area contributed by atoms with E-state index in [9.17, 15) is 9.59 Å². The van der Waals surface area contributed by atoms with Crippen molar-refractivity contribution >= 4 is 28.2 Å². The Morgan fingerprint density at radius 2 is 1.78 bits per heavy atom. The van der Waals surface area contributed by atoms with Gasteiger partial charge < -0.3 is 16.4 Å². The van der Waals surface area contributed by atoms with Gasteiger partial charge in [-0.15, -0.1) is 11.3 Å². The monoisotopic (exact) mass is 383 g/mol. The number of benzene rings is 1. The number of carbonyl (C=O) groups is 2. The second-order valence-electron chi connectivity index (χ2n) is 7.54. The van der Waals surface area contributed by atoms with Crippen molar-refractivity contribution in [1.29, 1.82) is 0 Å². The number of carbonyl (C=O) groups excluding carboxylic acids is 2. The Labute approximate surface area is 163 Å². The second-order valence-corrected chi connectivity index (χ2v) is 8.46. The average Bonchev–Trinajstić information content (AvgIpc) is 3.32. The van der Waals surface area contributed by atoms with Gasteiger partial charge >= 0.3 is 0 Å². The molecule has 142 valence electrons. The van der Waals surface area contributed by atoms with Crippen molar-refractivity contribution in [3.63, 3.8) is 0 Å². The van der Waals surface area contributed by atoms with Gasteiger partial charge in [0.15, 0.2) is 0 Å². The number of hydrogen-bond acceptors (Lipinski definition) is 4. The minimum absolute atomic E-state index is 0.124. The summed E-state index contributed by atoms with van der Waals surface area (Å²) < 4.78 is 0. The number of amides is 2. The van der Waals surface area contributed by atoms with E-state index in [1.807, 2.05) is 23.6 Å². The Balaban J connectivity index is 1.42. The highest BCUT2D eigenvalue weighted by atomic mass is 32.1. The lowest BCUT2D eigenvalue weighted by atomic mass is 9.92. The van der Waals surface area contributed by atoms with Crippen LogP contribution in [0.3, 0.4) is 0 Å². The molecule has 0 aliphatic heterocycles. The third kappa shape index (κ3) is 4.06. The van der Waals surface area contributed by atoms with Crippen molar-refractivity contribution in [3.8, 4) is 0 Å². The predicted octanol–water partition coefficient (Wildman–Crippen LogP) is 3.49. The summed E-state index contributed by atoms with van der Waals surface area (Å²) in [7, 11) is 0. The molecule has 0 saturated heterocycles. The van der Waals surface area contributed by atoms with Crippen LogP contribution in [0, 0.1) is 0 Å². The first kappa shape index (κ1) is 18.2. The van der Waals surface area contributed by atoms with Gasteiger partial charge in [0.05, 0.1) is 5.56 Å². The van der Waals surface area contributed by atoms with Crippen LogP contribution in [-0.2, 0) is 12.8 Å². The SMILES string of the molecule is NC1CCC(NC(=O)c2ccsc2NC(=O)c2ccc3c(c2)CCC3)CC1. The zero-order valence-corrected chi connectivity index (χ0v) is 16.1. The minimum Gasteiger partial charge on any atom is -0.349 e. The van der Waals surface area contributed by atoms with E-state index in [4.69, 9.17) is 5.73 Å². The summed E-state index contributed by atoms with van der Waals surface area (Å²) in [4.78, 5) is 25.3. The molecule has 0 bridgehead atoms. The number of nitrogens with two attached hydrogens (primary N) is 1. The molecule has 2 amide bonds. The maximum absolute atomic E-state index is 12.7. The van der Waals surface area contributed by atoms with E-state index >= 15 is 0 Å². The van der Waals surface area contributed by atoms with Crippen LogP contribution in [0.4, 0.5) is 5.00 Å². The van der Waals surface area contributed by atoms with Gasteiger partial charge in [0.1, 0.15) is 5.00 Å². The lowest BCUT2D eigenvalue weighted by Gasteiger charge is -2.26. The second kappa shape index (κ2) is 7.82. The van der Waals surface area contributed by atoms with Crippen LogP contribution < -0.4 is 16.4 Å². The van der Waals surface area contributed by atoms with E-state index < -0.39 is 0 Å². The molecule has 1 aromatic heterocycles. The first-order chi connectivity index (χ1) is 13.1. The van der Waals surface area contributed by atoms with Gasteiger partial charge in [0.25, 0.3) is 11.8 Å². The highest BCUT2D eigenvalue weighted by Gasteiger charge is 2.23. The Kier molecular flexibility index (Phi) is 5.27. The lowest BCUT2D eigenvalue weighted by Crippen LogP contribution is -2.40. The summed E-state index contributed by atoms with van der Waals surface area (Å²) in [5.41, 5.74) is 9.72. The number of nitrogens with one attached hydrogen (secondary N) is 2. The fourth-order valence-electron chi connectivity index (χ4n) is 4.00. The van der Waals surface area contributed by atoms with Crippen LogP contribution in [0.25, 0.3) is 0 Å². The Hall–Kier alpha value is -2.18. The Morgan fingerprint density at radius 1 is 1.00 bits per heavy atom. The number of fused-ring (bicyclic) bond motifs is 1. The molecular formula is C21H25N3O2S. The van der Waals surface area contributed by atoms with Crippen LogP contribution in [0.2, 0.25) is 0 Å². The molecule has 2 aliphatic rings. The normalized spacial score (nSPS) is 21.5. The fourth-order valence-corrected chi connectivity index (χ4v) is 4.78. The maximum Gasteiger partial charge on any atom is 0.256 e. The van der Waals surface area contributed by atoms with Crippen LogP contribution in [-0.4, -0.2) is 23.9 Å². The third-order valence-electron chi connectivity index (χ3n) is 5.60. The molecule has 6 heteroatoms. The zero-order valence-electron chi connectivity index (χ0n) is 15.3. The minimum atomic E-state index is -0.162. The summed E-state index contributed by atoms with van der Waals surface area (Å²) in [5, 5.41) is 8.45. The first-order valence-corrected chi connectivity index (χ1v) is 10.5. The molecule has 5 nitrogen and oxygen atoms in total. The fraction of sp³-hybridized carbons (Fsp3) is 0.429. The van der Waals surface area contributed by atoms with E-state index in [-0.39, 0.29) is 23.9 Å². The van der Waals surface area contributed by atoms with Gasteiger partial charge in [-0.3, -0.25) is 9.59 Å². The average molecular weight is 384 g/mol. The molecule has 4 rings (SSSR count). The van der Waals surface area contributed by atoms with Crippen molar-refractivity contribution < 1.29 is 9.59 Å². The number of aryl methyl sites for hydroxylation is 2. The van der Waals surface area contributed by atoms with Gasteiger partial charge in [-0.2, -0.15) is 0 Å². The molecule has 0 unspecified atom stereocenters. The molecule has 1 saturated carbocycles. The standard InChI is InChI=1S/C21H25N3O2S/c22-16-6-8-17(9-7-16)23-20(26)18-10-11-27-21(18)24-19(25)15-5-4-13-2-1-3-14(13)12-15/h4-5,10-12,16-17H,1-3,6-9,22H2,(H,23,26)(H,24,25). The number of rotatable bonds is 4. The zero-order chi connectivity index (χ0) is 18.8. The van der Waals surface area contributed by atoms with Crippen molar-refractivity contribution in [2.45, 2.75) is 57.0 Å². The highest BCUT2D eigenvalue weighted by Crippen LogP contribution is 2.27. The van der Waals surface area contributed by atoms with Crippen LogP contribution in [0.5, 0.6) is 0 Å². The lowest BCUT2D eigenvalue weighted by molar-refractivity contribution is 0.0927. The topological polar surface area (TPSA) is 84.2 Å². The largest absolute Gasteiger partial charge is 0.349 e.